The van der Waals surface area contributed by atoms with Gasteiger partial charge in [-0.25, -0.2) is 4.39 Å². The van der Waals surface area contributed by atoms with Crippen LogP contribution in [0.3, 0.4) is 0 Å². The van der Waals surface area contributed by atoms with Crippen LogP contribution in [0.2, 0.25) is 0 Å². The maximum Gasteiger partial charge on any atom is 0.225 e. The second-order valence-corrected chi connectivity index (χ2v) is 4.51. The molecule has 0 bridgehead atoms. The van der Waals surface area contributed by atoms with Crippen molar-refractivity contribution in [3.8, 4) is 0 Å². The normalized spacial score (nSPS) is 12.2. The zero-order chi connectivity index (χ0) is 13.8. The molecule has 0 saturated heterocycles. The van der Waals surface area contributed by atoms with E-state index in [1.807, 2.05) is 26.0 Å². The van der Waals surface area contributed by atoms with Gasteiger partial charge in [0.05, 0.1) is 12.5 Å². The summed E-state index contributed by atoms with van der Waals surface area (Å²) in [5, 5.41) is 2.79. The highest BCUT2D eigenvalue weighted by atomic mass is 19.1. The van der Waals surface area contributed by atoms with Gasteiger partial charge in [0.1, 0.15) is 17.3 Å². The Labute approximate surface area is 111 Å². The number of furan rings is 1. The van der Waals surface area contributed by atoms with Crippen molar-refractivity contribution in [2.75, 3.05) is 0 Å². The predicted octanol–water partition coefficient (Wildman–Crippen LogP) is 3.15. The first-order valence-electron chi connectivity index (χ1n) is 6.15. The molecule has 1 amide bonds. The van der Waals surface area contributed by atoms with Crippen LogP contribution in [0.5, 0.6) is 0 Å². The van der Waals surface area contributed by atoms with Gasteiger partial charge in [0, 0.05) is 0 Å². The van der Waals surface area contributed by atoms with Gasteiger partial charge in [-0.15, -0.1) is 0 Å². The first kappa shape index (κ1) is 13.3. The minimum absolute atomic E-state index is 0.0245. The van der Waals surface area contributed by atoms with Crippen molar-refractivity contribution in [1.82, 2.24) is 5.32 Å². The van der Waals surface area contributed by atoms with Crippen molar-refractivity contribution in [3.05, 3.63) is 59.3 Å². The van der Waals surface area contributed by atoms with Gasteiger partial charge in [0.15, 0.2) is 0 Å². The summed E-state index contributed by atoms with van der Waals surface area (Å²) in [6, 6.07) is 9.71. The lowest BCUT2D eigenvalue weighted by molar-refractivity contribution is -0.121. The zero-order valence-electron chi connectivity index (χ0n) is 10.9. The van der Waals surface area contributed by atoms with Gasteiger partial charge in [-0.2, -0.15) is 0 Å². The van der Waals surface area contributed by atoms with E-state index in [2.05, 4.69) is 5.32 Å². The molecule has 0 spiro atoms. The summed E-state index contributed by atoms with van der Waals surface area (Å²) in [5.41, 5.74) is 0.392. The van der Waals surface area contributed by atoms with Gasteiger partial charge in [-0.05, 0) is 37.6 Å². The summed E-state index contributed by atoms with van der Waals surface area (Å²) in [6.07, 6.45) is 0.0245. The van der Waals surface area contributed by atoms with E-state index in [9.17, 15) is 9.18 Å². The van der Waals surface area contributed by atoms with E-state index in [1.165, 1.54) is 6.07 Å². The molecule has 1 N–H and O–H groups in total. The second-order valence-electron chi connectivity index (χ2n) is 4.51. The summed E-state index contributed by atoms with van der Waals surface area (Å²) < 4.78 is 18.8. The topological polar surface area (TPSA) is 42.2 Å². The number of aryl methyl sites for hydroxylation is 1. The Balaban J connectivity index is 1.96. The molecule has 0 aliphatic carbocycles. The maximum absolute atomic E-state index is 13.4. The number of hydrogen-bond acceptors (Lipinski definition) is 2. The molecule has 0 radical (unpaired) electrons. The lowest BCUT2D eigenvalue weighted by atomic mass is 10.1. The van der Waals surface area contributed by atoms with E-state index in [0.717, 1.165) is 5.76 Å². The Bertz CT molecular complexity index is 577. The average molecular weight is 261 g/mol. The number of hydrogen-bond donors (Lipinski definition) is 1. The number of carbonyl (C=O) groups is 1. The van der Waals surface area contributed by atoms with Gasteiger partial charge in [-0.3, -0.25) is 4.79 Å². The molecule has 4 heteroatoms. The largest absolute Gasteiger partial charge is 0.464 e. The third-order valence-electron chi connectivity index (χ3n) is 2.87. The van der Waals surface area contributed by atoms with Crippen molar-refractivity contribution in [2.45, 2.75) is 26.3 Å². The van der Waals surface area contributed by atoms with Crippen LogP contribution in [0.25, 0.3) is 0 Å². The van der Waals surface area contributed by atoms with Crippen molar-refractivity contribution >= 4 is 5.91 Å². The fraction of sp³-hybridized carbons (Fsp3) is 0.267. The fourth-order valence-electron chi connectivity index (χ4n) is 1.86. The van der Waals surface area contributed by atoms with Gasteiger partial charge in [-0.1, -0.05) is 18.2 Å². The number of benzene rings is 1. The molecule has 2 rings (SSSR count). The molecule has 1 atom stereocenters. The quantitative estimate of drug-likeness (QED) is 0.918. The third-order valence-corrected chi connectivity index (χ3v) is 2.87. The predicted molar refractivity (Wildman–Crippen MR) is 70.1 cm³/mol. The van der Waals surface area contributed by atoms with Crippen molar-refractivity contribution in [3.63, 3.8) is 0 Å². The van der Waals surface area contributed by atoms with Crippen LogP contribution < -0.4 is 5.32 Å². The molecule has 0 unspecified atom stereocenters. The van der Waals surface area contributed by atoms with Crippen LogP contribution in [-0.2, 0) is 11.2 Å². The Morgan fingerprint density at radius 2 is 2.05 bits per heavy atom. The Kier molecular flexibility index (Phi) is 4.00. The maximum atomic E-state index is 13.4. The first-order valence-corrected chi connectivity index (χ1v) is 6.15. The van der Waals surface area contributed by atoms with E-state index >= 15 is 0 Å². The molecule has 1 aromatic carbocycles. The van der Waals surface area contributed by atoms with Crippen LogP contribution in [-0.4, -0.2) is 5.91 Å². The zero-order valence-corrected chi connectivity index (χ0v) is 10.9. The van der Waals surface area contributed by atoms with Crippen molar-refractivity contribution < 1.29 is 13.6 Å². The van der Waals surface area contributed by atoms with Gasteiger partial charge < -0.3 is 9.73 Å². The lowest BCUT2D eigenvalue weighted by Crippen LogP contribution is -2.28. The van der Waals surface area contributed by atoms with E-state index in [0.29, 0.717) is 11.3 Å². The highest BCUT2D eigenvalue weighted by Gasteiger charge is 2.14. The van der Waals surface area contributed by atoms with E-state index in [1.54, 1.807) is 18.2 Å². The molecule has 2 aromatic rings. The fourth-order valence-corrected chi connectivity index (χ4v) is 1.86. The highest BCUT2D eigenvalue weighted by molar-refractivity contribution is 5.78. The van der Waals surface area contributed by atoms with Crippen LogP contribution >= 0.6 is 0 Å². The standard InChI is InChI=1S/C15H16FNO2/c1-10-7-8-14(19-10)11(2)17-15(18)9-12-5-3-4-6-13(12)16/h3-8,11H,9H2,1-2H3,(H,17,18)/t11-/m0/s1. The molecule has 1 aromatic heterocycles. The monoisotopic (exact) mass is 261 g/mol. The molecular formula is C15H16FNO2. The number of halogens is 1. The summed E-state index contributed by atoms with van der Waals surface area (Å²) in [6.45, 7) is 3.68. The van der Waals surface area contributed by atoms with Gasteiger partial charge in [0.2, 0.25) is 5.91 Å². The second kappa shape index (κ2) is 5.69. The van der Waals surface area contributed by atoms with E-state index in [-0.39, 0.29) is 24.2 Å². The Hall–Kier alpha value is -2.10. The lowest BCUT2D eigenvalue weighted by Gasteiger charge is -2.11. The summed E-state index contributed by atoms with van der Waals surface area (Å²) in [4.78, 5) is 11.8. The van der Waals surface area contributed by atoms with Crippen molar-refractivity contribution in [2.24, 2.45) is 0 Å². The summed E-state index contributed by atoms with van der Waals surface area (Å²) in [5.74, 6) is 0.899. The molecule has 0 fully saturated rings. The number of amides is 1. The van der Waals surface area contributed by atoms with Gasteiger partial charge >= 0.3 is 0 Å². The van der Waals surface area contributed by atoms with Gasteiger partial charge in [0.25, 0.3) is 0 Å². The van der Waals surface area contributed by atoms with Crippen LogP contribution in [0.1, 0.15) is 30.0 Å². The average Bonchev–Trinajstić information content (AvgIpc) is 2.79. The van der Waals surface area contributed by atoms with Crippen LogP contribution in [0.4, 0.5) is 4.39 Å². The molecule has 0 aliphatic rings. The van der Waals surface area contributed by atoms with E-state index < -0.39 is 0 Å². The molecule has 3 nitrogen and oxygen atoms in total. The number of carbonyl (C=O) groups excluding carboxylic acids is 1. The Morgan fingerprint density at radius 1 is 1.32 bits per heavy atom. The summed E-state index contributed by atoms with van der Waals surface area (Å²) in [7, 11) is 0. The highest BCUT2D eigenvalue weighted by Crippen LogP contribution is 2.16. The molecule has 100 valence electrons. The third kappa shape index (κ3) is 3.44. The molecule has 0 aliphatic heterocycles. The van der Waals surface area contributed by atoms with E-state index in [4.69, 9.17) is 4.42 Å². The molecular weight excluding hydrogens is 245 g/mol. The molecule has 0 saturated carbocycles. The Morgan fingerprint density at radius 3 is 2.68 bits per heavy atom. The number of rotatable bonds is 4. The molecule has 19 heavy (non-hydrogen) atoms. The minimum Gasteiger partial charge on any atom is -0.464 e. The van der Waals surface area contributed by atoms with Crippen molar-refractivity contribution in [1.29, 1.82) is 0 Å². The minimum atomic E-state index is -0.362. The van der Waals surface area contributed by atoms with Crippen LogP contribution in [0.15, 0.2) is 40.8 Å². The molecule has 1 heterocycles. The van der Waals surface area contributed by atoms with Crippen LogP contribution in [0, 0.1) is 12.7 Å². The summed E-state index contributed by atoms with van der Waals surface area (Å²) >= 11 is 0. The SMILES string of the molecule is Cc1ccc([C@H](C)NC(=O)Cc2ccccc2F)o1. The number of nitrogens with one attached hydrogen (secondary N) is 1. The smallest absolute Gasteiger partial charge is 0.225 e. The first-order chi connectivity index (χ1) is 9.06.